The summed E-state index contributed by atoms with van der Waals surface area (Å²) < 4.78 is 15.8. The molecule has 3 rings (SSSR count). The molecule has 0 unspecified atom stereocenters. The zero-order valence-electron chi connectivity index (χ0n) is 18.0. The van der Waals surface area contributed by atoms with E-state index in [1.165, 1.54) is 7.11 Å². The third-order valence-electron chi connectivity index (χ3n) is 5.65. The lowest BCUT2D eigenvalue weighted by Gasteiger charge is -2.26. The Balaban J connectivity index is 1.62. The number of ether oxygens (including phenoxy) is 3. The average molecular weight is 418 g/mol. The van der Waals surface area contributed by atoms with Crippen molar-refractivity contribution < 1.29 is 28.6 Å². The Hall–Kier alpha value is -2.77. The van der Waals surface area contributed by atoms with Gasteiger partial charge in [0.2, 0.25) is 0 Å². The monoisotopic (exact) mass is 418 g/mol. The Labute approximate surface area is 176 Å². The van der Waals surface area contributed by atoms with Crippen LogP contribution in [0.2, 0.25) is 0 Å². The molecule has 1 aliphatic carbocycles. The number of likely N-dealkylation sites (tertiary alicyclic amines) is 1. The third kappa shape index (κ3) is 4.86. The largest absolute Gasteiger partial charge is 0.469 e. The zero-order chi connectivity index (χ0) is 21.9. The molecule has 8 nitrogen and oxygen atoms in total. The smallest absolute Gasteiger partial charge is 0.410 e. The van der Waals surface area contributed by atoms with Crippen molar-refractivity contribution in [3.63, 3.8) is 0 Å². The molecule has 1 aliphatic heterocycles. The van der Waals surface area contributed by atoms with Crippen molar-refractivity contribution in [2.75, 3.05) is 20.2 Å². The summed E-state index contributed by atoms with van der Waals surface area (Å²) in [6, 6.07) is 9.21. The van der Waals surface area contributed by atoms with Gasteiger partial charge < -0.3 is 24.4 Å². The standard InChI is InChI=1S/C22H30N2O6/c1-21(2,3)30-19(26)23-17-10-16-12-24(14-22(16,11-17)18(25)28-4)20(27)29-13-15-8-6-5-7-9-15/h5-9,16-17H,10-14H2,1-4H3,(H,23,26)/t16-,17+,22+/m1/s1. The molecule has 8 heteroatoms. The van der Waals surface area contributed by atoms with Crippen LogP contribution < -0.4 is 5.32 Å². The lowest BCUT2D eigenvalue weighted by Crippen LogP contribution is -2.42. The molecule has 0 spiro atoms. The van der Waals surface area contributed by atoms with Gasteiger partial charge in [0.05, 0.1) is 12.5 Å². The van der Waals surface area contributed by atoms with Gasteiger partial charge in [0.25, 0.3) is 0 Å². The van der Waals surface area contributed by atoms with E-state index in [2.05, 4.69) is 5.32 Å². The molecule has 0 aromatic heterocycles. The number of esters is 1. The number of methoxy groups -OCH3 is 1. The highest BCUT2D eigenvalue weighted by molar-refractivity contribution is 5.81. The summed E-state index contributed by atoms with van der Waals surface area (Å²) in [6.07, 6.45) is 0.00265. The number of alkyl carbamates (subject to hydrolysis) is 1. The van der Waals surface area contributed by atoms with Gasteiger partial charge in [-0.25, -0.2) is 9.59 Å². The van der Waals surface area contributed by atoms with Gasteiger partial charge in [0, 0.05) is 19.1 Å². The van der Waals surface area contributed by atoms with Gasteiger partial charge in [-0.2, -0.15) is 0 Å². The SMILES string of the molecule is COC(=O)[C@]12C[C@@H](NC(=O)OC(C)(C)C)C[C@@H]1CN(C(=O)OCc1ccccc1)C2. The molecule has 1 aromatic carbocycles. The second kappa shape index (κ2) is 8.53. The van der Waals surface area contributed by atoms with Crippen LogP contribution in [0.1, 0.15) is 39.2 Å². The Bertz CT molecular complexity index is 791. The number of rotatable bonds is 4. The summed E-state index contributed by atoms with van der Waals surface area (Å²) >= 11 is 0. The quantitative estimate of drug-likeness (QED) is 0.596. The van der Waals surface area contributed by atoms with E-state index in [1.54, 1.807) is 25.7 Å². The molecule has 30 heavy (non-hydrogen) atoms. The minimum absolute atomic E-state index is 0.117. The van der Waals surface area contributed by atoms with Crippen LogP contribution in [0.5, 0.6) is 0 Å². The topological polar surface area (TPSA) is 94.2 Å². The molecule has 2 fully saturated rings. The van der Waals surface area contributed by atoms with Crippen LogP contribution in [-0.4, -0.2) is 54.9 Å². The van der Waals surface area contributed by atoms with Crippen molar-refractivity contribution in [2.45, 2.75) is 51.9 Å². The number of hydrogen-bond donors (Lipinski definition) is 1. The second-order valence-electron chi connectivity index (χ2n) is 9.05. The van der Waals surface area contributed by atoms with E-state index >= 15 is 0 Å². The summed E-state index contributed by atoms with van der Waals surface area (Å²) in [6.45, 7) is 6.16. The van der Waals surface area contributed by atoms with Crippen molar-refractivity contribution >= 4 is 18.2 Å². The van der Waals surface area contributed by atoms with Gasteiger partial charge in [-0.05, 0) is 45.1 Å². The van der Waals surface area contributed by atoms with E-state index < -0.39 is 23.2 Å². The van der Waals surface area contributed by atoms with E-state index in [-0.39, 0.29) is 31.1 Å². The first-order chi connectivity index (χ1) is 14.1. The van der Waals surface area contributed by atoms with Crippen LogP contribution >= 0.6 is 0 Å². The fourth-order valence-corrected chi connectivity index (χ4v) is 4.42. The molecule has 1 N–H and O–H groups in total. The Morgan fingerprint density at radius 3 is 2.53 bits per heavy atom. The van der Waals surface area contributed by atoms with Gasteiger partial charge in [-0.1, -0.05) is 30.3 Å². The van der Waals surface area contributed by atoms with Crippen LogP contribution in [-0.2, 0) is 25.6 Å². The molecule has 0 bridgehead atoms. The lowest BCUT2D eigenvalue weighted by molar-refractivity contribution is -0.153. The number of carbonyl (C=O) groups excluding carboxylic acids is 3. The first kappa shape index (κ1) is 21.9. The predicted octanol–water partition coefficient (Wildman–Crippen LogP) is 3.10. The normalized spacial score (nSPS) is 25.4. The van der Waals surface area contributed by atoms with Crippen molar-refractivity contribution in [2.24, 2.45) is 11.3 Å². The summed E-state index contributed by atoms with van der Waals surface area (Å²) in [5.74, 6) is -0.478. The van der Waals surface area contributed by atoms with Crippen molar-refractivity contribution in [3.8, 4) is 0 Å². The molecular weight excluding hydrogens is 388 g/mol. The summed E-state index contributed by atoms with van der Waals surface area (Å²) in [5, 5.41) is 2.85. The van der Waals surface area contributed by atoms with Crippen LogP contribution in [0.3, 0.4) is 0 Å². The first-order valence-corrected chi connectivity index (χ1v) is 10.2. The molecule has 1 saturated carbocycles. The first-order valence-electron chi connectivity index (χ1n) is 10.2. The summed E-state index contributed by atoms with van der Waals surface area (Å²) in [7, 11) is 1.35. The molecule has 2 amide bonds. The predicted molar refractivity (Wildman–Crippen MR) is 109 cm³/mol. The number of hydrogen-bond acceptors (Lipinski definition) is 6. The Morgan fingerprint density at radius 1 is 1.20 bits per heavy atom. The molecule has 3 atom stereocenters. The van der Waals surface area contributed by atoms with Gasteiger partial charge in [-0.3, -0.25) is 4.79 Å². The van der Waals surface area contributed by atoms with E-state index in [4.69, 9.17) is 14.2 Å². The van der Waals surface area contributed by atoms with Crippen LogP contribution in [0.25, 0.3) is 0 Å². The minimum atomic E-state index is -0.847. The van der Waals surface area contributed by atoms with Crippen molar-refractivity contribution in [1.82, 2.24) is 10.2 Å². The zero-order valence-corrected chi connectivity index (χ0v) is 18.0. The van der Waals surface area contributed by atoms with Crippen LogP contribution in [0.4, 0.5) is 9.59 Å². The van der Waals surface area contributed by atoms with Gasteiger partial charge >= 0.3 is 18.2 Å². The number of benzene rings is 1. The highest BCUT2D eigenvalue weighted by atomic mass is 16.6. The highest BCUT2D eigenvalue weighted by Crippen LogP contribution is 2.49. The van der Waals surface area contributed by atoms with E-state index in [0.29, 0.717) is 19.4 Å². The van der Waals surface area contributed by atoms with Crippen molar-refractivity contribution in [1.29, 1.82) is 0 Å². The van der Waals surface area contributed by atoms with Crippen LogP contribution in [0.15, 0.2) is 30.3 Å². The fourth-order valence-electron chi connectivity index (χ4n) is 4.42. The number of nitrogens with one attached hydrogen (secondary N) is 1. The maximum atomic E-state index is 12.7. The number of fused-ring (bicyclic) bond motifs is 1. The molecule has 1 heterocycles. The van der Waals surface area contributed by atoms with Gasteiger partial charge in [-0.15, -0.1) is 0 Å². The van der Waals surface area contributed by atoms with E-state index in [0.717, 1.165) is 5.56 Å². The Kier molecular flexibility index (Phi) is 6.24. The lowest BCUT2D eigenvalue weighted by atomic mass is 9.81. The second-order valence-corrected chi connectivity index (χ2v) is 9.05. The summed E-state index contributed by atoms with van der Waals surface area (Å²) in [5.41, 5.74) is -0.549. The minimum Gasteiger partial charge on any atom is -0.469 e. The third-order valence-corrected chi connectivity index (χ3v) is 5.65. The Morgan fingerprint density at radius 2 is 1.90 bits per heavy atom. The molecule has 1 aromatic rings. The highest BCUT2D eigenvalue weighted by Gasteiger charge is 2.59. The number of carbonyl (C=O) groups is 3. The van der Waals surface area contributed by atoms with Crippen molar-refractivity contribution in [3.05, 3.63) is 35.9 Å². The molecule has 1 saturated heterocycles. The summed E-state index contributed by atoms with van der Waals surface area (Å²) in [4.78, 5) is 39.0. The molecule has 0 radical (unpaired) electrons. The van der Waals surface area contributed by atoms with Gasteiger partial charge in [0.1, 0.15) is 12.2 Å². The van der Waals surface area contributed by atoms with Gasteiger partial charge in [0.15, 0.2) is 0 Å². The maximum absolute atomic E-state index is 12.7. The number of amides is 2. The molecular formula is C22H30N2O6. The fraction of sp³-hybridized carbons (Fsp3) is 0.591. The van der Waals surface area contributed by atoms with E-state index in [9.17, 15) is 14.4 Å². The van der Waals surface area contributed by atoms with Crippen LogP contribution in [0, 0.1) is 11.3 Å². The molecule has 2 aliphatic rings. The van der Waals surface area contributed by atoms with E-state index in [1.807, 2.05) is 30.3 Å². The maximum Gasteiger partial charge on any atom is 0.410 e. The molecule has 164 valence electrons. The average Bonchev–Trinajstić information content (AvgIpc) is 3.19. The number of nitrogens with zero attached hydrogens (tertiary/aromatic N) is 1.